The van der Waals surface area contributed by atoms with Gasteiger partial charge in [-0.15, -0.1) is 0 Å². The molecule has 1 atom stereocenters. The van der Waals surface area contributed by atoms with E-state index in [2.05, 4.69) is 20.9 Å². The lowest BCUT2D eigenvalue weighted by Crippen LogP contribution is -2.16. The number of esters is 1. The van der Waals surface area contributed by atoms with Crippen LogP contribution in [0, 0.1) is 0 Å². The molecule has 134 valence electrons. The molecular formula is C19H16BrNO5. The van der Waals surface area contributed by atoms with Gasteiger partial charge in [0.2, 0.25) is 12.5 Å². The summed E-state index contributed by atoms with van der Waals surface area (Å²) in [5, 5.41) is 1.00. The van der Waals surface area contributed by atoms with Crippen molar-refractivity contribution in [2.75, 3.05) is 21.0 Å². The van der Waals surface area contributed by atoms with Gasteiger partial charge in [-0.1, -0.05) is 22.0 Å². The minimum atomic E-state index is -0.644. The summed E-state index contributed by atoms with van der Waals surface area (Å²) in [5.41, 5.74) is 2.35. The molecule has 7 heteroatoms. The molecule has 26 heavy (non-hydrogen) atoms. The molecule has 3 aromatic rings. The molecule has 4 rings (SSSR count). The van der Waals surface area contributed by atoms with E-state index in [1.165, 1.54) is 7.11 Å². The smallest absolute Gasteiger partial charge is 0.319 e. The van der Waals surface area contributed by atoms with Crippen molar-refractivity contribution in [3.8, 4) is 17.2 Å². The molecule has 1 aliphatic heterocycles. The van der Waals surface area contributed by atoms with Gasteiger partial charge in [0, 0.05) is 15.7 Å². The zero-order valence-corrected chi connectivity index (χ0v) is 15.8. The normalized spacial score (nSPS) is 13.7. The second kappa shape index (κ2) is 6.57. The van der Waals surface area contributed by atoms with Crippen molar-refractivity contribution in [2.24, 2.45) is 0 Å². The SMILES string of the molecule is COC(=O)C(c1cc(OC)c2c(c1)OCO2)c1cc2ccc(Br)cc2[nH]1. The number of carbonyl (C=O) groups excluding carboxylic acids is 1. The number of ether oxygens (including phenoxy) is 4. The lowest BCUT2D eigenvalue weighted by atomic mass is 9.95. The molecule has 1 N–H and O–H groups in total. The van der Waals surface area contributed by atoms with Gasteiger partial charge in [0.1, 0.15) is 5.92 Å². The third-order valence-corrected chi connectivity index (χ3v) is 4.86. The van der Waals surface area contributed by atoms with E-state index >= 15 is 0 Å². The second-order valence-corrected chi connectivity index (χ2v) is 6.79. The molecule has 1 aliphatic rings. The van der Waals surface area contributed by atoms with Gasteiger partial charge in [-0.3, -0.25) is 4.79 Å². The Bertz CT molecular complexity index is 997. The van der Waals surface area contributed by atoms with Crippen LogP contribution in [0.15, 0.2) is 40.9 Å². The Morgan fingerprint density at radius 1 is 1.19 bits per heavy atom. The first-order valence-electron chi connectivity index (χ1n) is 7.94. The topological polar surface area (TPSA) is 69.8 Å². The minimum Gasteiger partial charge on any atom is -0.493 e. The van der Waals surface area contributed by atoms with Gasteiger partial charge in [0.05, 0.1) is 14.2 Å². The van der Waals surface area contributed by atoms with Crippen LogP contribution in [0.25, 0.3) is 10.9 Å². The summed E-state index contributed by atoms with van der Waals surface area (Å²) in [6.07, 6.45) is 0. The van der Waals surface area contributed by atoms with E-state index < -0.39 is 5.92 Å². The fraction of sp³-hybridized carbons (Fsp3) is 0.211. The number of carbonyl (C=O) groups is 1. The third kappa shape index (κ3) is 2.78. The van der Waals surface area contributed by atoms with E-state index in [0.29, 0.717) is 22.8 Å². The number of hydrogen-bond donors (Lipinski definition) is 1. The Hall–Kier alpha value is -2.67. The number of H-pyrrole nitrogens is 1. The molecule has 0 saturated heterocycles. The molecule has 0 radical (unpaired) electrons. The Morgan fingerprint density at radius 3 is 2.81 bits per heavy atom. The number of fused-ring (bicyclic) bond motifs is 2. The first kappa shape index (κ1) is 16.8. The lowest BCUT2D eigenvalue weighted by molar-refractivity contribution is -0.141. The molecule has 0 spiro atoms. The highest BCUT2D eigenvalue weighted by atomic mass is 79.9. The molecule has 2 heterocycles. The Kier molecular flexibility index (Phi) is 4.24. The van der Waals surface area contributed by atoms with Crippen LogP contribution in [0.1, 0.15) is 17.2 Å². The quantitative estimate of drug-likeness (QED) is 0.650. The highest BCUT2D eigenvalue weighted by Gasteiger charge is 2.30. The van der Waals surface area contributed by atoms with Crippen LogP contribution in [-0.2, 0) is 9.53 Å². The van der Waals surface area contributed by atoms with E-state index in [1.54, 1.807) is 19.2 Å². The molecule has 0 amide bonds. The first-order valence-corrected chi connectivity index (χ1v) is 8.73. The summed E-state index contributed by atoms with van der Waals surface area (Å²) in [5.74, 6) is 0.585. The average Bonchev–Trinajstić information content (AvgIpc) is 3.27. The van der Waals surface area contributed by atoms with Crippen LogP contribution in [0.5, 0.6) is 17.2 Å². The largest absolute Gasteiger partial charge is 0.493 e. The third-order valence-electron chi connectivity index (χ3n) is 4.37. The van der Waals surface area contributed by atoms with E-state index in [4.69, 9.17) is 18.9 Å². The van der Waals surface area contributed by atoms with Crippen LogP contribution in [0.2, 0.25) is 0 Å². The standard InChI is InChI=1S/C19H16BrNO5/c1-23-15-6-11(7-16-18(15)26-9-25-16)17(19(22)24-2)14-5-10-3-4-12(20)8-13(10)21-14/h3-8,17,21H,9H2,1-2H3. The van der Waals surface area contributed by atoms with E-state index in [9.17, 15) is 4.79 Å². The zero-order chi connectivity index (χ0) is 18.3. The first-order chi connectivity index (χ1) is 12.6. The van der Waals surface area contributed by atoms with Crippen molar-refractivity contribution in [1.29, 1.82) is 0 Å². The van der Waals surface area contributed by atoms with Gasteiger partial charge in [0.15, 0.2) is 11.5 Å². The summed E-state index contributed by atoms with van der Waals surface area (Å²) in [4.78, 5) is 15.9. The van der Waals surface area contributed by atoms with Gasteiger partial charge in [-0.2, -0.15) is 0 Å². The maximum Gasteiger partial charge on any atom is 0.319 e. The molecule has 1 unspecified atom stereocenters. The minimum absolute atomic E-state index is 0.123. The van der Waals surface area contributed by atoms with Crippen molar-refractivity contribution in [1.82, 2.24) is 4.98 Å². The Labute approximate surface area is 158 Å². The van der Waals surface area contributed by atoms with Crippen molar-refractivity contribution >= 4 is 32.8 Å². The van der Waals surface area contributed by atoms with Crippen LogP contribution in [0.3, 0.4) is 0 Å². The monoisotopic (exact) mass is 417 g/mol. The summed E-state index contributed by atoms with van der Waals surface area (Å²) in [6.45, 7) is 0.123. The van der Waals surface area contributed by atoms with Crippen LogP contribution >= 0.6 is 15.9 Å². The van der Waals surface area contributed by atoms with Crippen molar-refractivity contribution in [3.63, 3.8) is 0 Å². The molecule has 0 saturated carbocycles. The molecule has 6 nitrogen and oxygen atoms in total. The number of nitrogens with one attached hydrogen (secondary N) is 1. The van der Waals surface area contributed by atoms with E-state index in [-0.39, 0.29) is 12.8 Å². The number of aromatic amines is 1. The van der Waals surface area contributed by atoms with E-state index in [0.717, 1.165) is 21.1 Å². The number of benzene rings is 2. The fourth-order valence-corrected chi connectivity index (χ4v) is 3.52. The molecule has 0 bridgehead atoms. The van der Waals surface area contributed by atoms with Crippen molar-refractivity contribution < 1.29 is 23.7 Å². The Morgan fingerprint density at radius 2 is 2.04 bits per heavy atom. The molecule has 1 aromatic heterocycles. The second-order valence-electron chi connectivity index (χ2n) is 5.87. The Balaban J connectivity index is 1.86. The summed E-state index contributed by atoms with van der Waals surface area (Å²) < 4.78 is 22.3. The predicted molar refractivity (Wildman–Crippen MR) is 99.0 cm³/mol. The molecule has 0 fully saturated rings. The van der Waals surface area contributed by atoms with Crippen LogP contribution in [0.4, 0.5) is 0 Å². The number of rotatable bonds is 4. The molecular weight excluding hydrogens is 402 g/mol. The van der Waals surface area contributed by atoms with Crippen molar-refractivity contribution in [2.45, 2.75) is 5.92 Å². The molecule has 2 aromatic carbocycles. The van der Waals surface area contributed by atoms with Gasteiger partial charge >= 0.3 is 5.97 Å². The lowest BCUT2D eigenvalue weighted by Gasteiger charge is -2.16. The summed E-state index contributed by atoms with van der Waals surface area (Å²) in [7, 11) is 2.92. The zero-order valence-electron chi connectivity index (χ0n) is 14.2. The van der Waals surface area contributed by atoms with Crippen molar-refractivity contribution in [3.05, 3.63) is 52.1 Å². The van der Waals surface area contributed by atoms with E-state index in [1.807, 2.05) is 24.3 Å². The highest BCUT2D eigenvalue weighted by Crippen LogP contribution is 2.44. The van der Waals surface area contributed by atoms with Gasteiger partial charge in [-0.25, -0.2) is 0 Å². The number of hydrogen-bond acceptors (Lipinski definition) is 5. The number of halogens is 1. The number of aromatic nitrogens is 1. The maximum absolute atomic E-state index is 12.6. The van der Waals surface area contributed by atoms with Gasteiger partial charge in [-0.05, 0) is 41.3 Å². The number of methoxy groups -OCH3 is 2. The highest BCUT2D eigenvalue weighted by molar-refractivity contribution is 9.10. The molecule has 0 aliphatic carbocycles. The van der Waals surface area contributed by atoms with Crippen LogP contribution < -0.4 is 14.2 Å². The predicted octanol–water partition coefficient (Wildman–Crippen LogP) is 3.97. The average molecular weight is 418 g/mol. The van der Waals surface area contributed by atoms with Crippen LogP contribution in [-0.4, -0.2) is 32.0 Å². The van der Waals surface area contributed by atoms with Gasteiger partial charge < -0.3 is 23.9 Å². The summed E-state index contributed by atoms with van der Waals surface area (Å²) in [6, 6.07) is 11.4. The van der Waals surface area contributed by atoms with Gasteiger partial charge in [0.25, 0.3) is 0 Å². The maximum atomic E-state index is 12.6. The fourth-order valence-electron chi connectivity index (χ4n) is 3.15. The summed E-state index contributed by atoms with van der Waals surface area (Å²) >= 11 is 3.46.